The molecule has 1 heterocycles. The zero-order chi connectivity index (χ0) is 18.5. The lowest BCUT2D eigenvalue weighted by Gasteiger charge is -2.19. The van der Waals surface area contributed by atoms with Gasteiger partial charge < -0.3 is 10.1 Å². The number of amides is 1. The molecule has 0 radical (unpaired) electrons. The van der Waals surface area contributed by atoms with Crippen LogP contribution in [0.5, 0.6) is 0 Å². The summed E-state index contributed by atoms with van der Waals surface area (Å²) >= 11 is 0. The van der Waals surface area contributed by atoms with Gasteiger partial charge in [-0.1, -0.05) is 32.9 Å². The number of nitrogens with one attached hydrogen (secondary N) is 2. The molecule has 1 atom stereocenters. The van der Waals surface area contributed by atoms with Gasteiger partial charge in [0.25, 0.3) is 0 Å². The van der Waals surface area contributed by atoms with Crippen LogP contribution in [0, 0.1) is 0 Å². The minimum atomic E-state index is -3.60. The quantitative estimate of drug-likeness (QED) is 0.770. The van der Waals surface area contributed by atoms with Crippen molar-refractivity contribution < 1.29 is 17.9 Å². The van der Waals surface area contributed by atoms with Crippen LogP contribution in [-0.2, 0) is 25.0 Å². The van der Waals surface area contributed by atoms with E-state index < -0.39 is 10.0 Å². The molecule has 1 aromatic rings. The molecule has 1 aliphatic heterocycles. The average Bonchev–Trinajstić information content (AvgIpc) is 3.05. The number of carbonyl (C=O) groups is 1. The Hall–Kier alpha value is -1.44. The fourth-order valence-corrected chi connectivity index (χ4v) is 3.67. The van der Waals surface area contributed by atoms with E-state index in [1.807, 2.05) is 12.1 Å². The van der Waals surface area contributed by atoms with Crippen LogP contribution in [0.1, 0.15) is 45.6 Å². The predicted molar refractivity (Wildman–Crippen MR) is 96.9 cm³/mol. The van der Waals surface area contributed by atoms with E-state index in [1.54, 1.807) is 12.1 Å². The Morgan fingerprint density at radius 2 is 1.92 bits per heavy atom. The van der Waals surface area contributed by atoms with Crippen molar-refractivity contribution in [2.45, 2.75) is 56.4 Å². The minimum absolute atomic E-state index is 0.0309. The first kappa shape index (κ1) is 19.9. The van der Waals surface area contributed by atoms with Crippen molar-refractivity contribution >= 4 is 15.9 Å². The van der Waals surface area contributed by atoms with E-state index in [0.29, 0.717) is 6.54 Å². The van der Waals surface area contributed by atoms with Crippen molar-refractivity contribution in [1.82, 2.24) is 10.0 Å². The number of benzene rings is 1. The Labute approximate surface area is 150 Å². The molecule has 1 aliphatic rings. The SMILES string of the molecule is CC(C)(C)c1ccc(S(=O)(=O)NCCC(=O)NCC2CCCO2)cc1. The Balaban J connectivity index is 1.79. The van der Waals surface area contributed by atoms with Gasteiger partial charge in [-0.3, -0.25) is 4.79 Å². The van der Waals surface area contributed by atoms with Crippen LogP contribution in [0.15, 0.2) is 29.2 Å². The summed E-state index contributed by atoms with van der Waals surface area (Å²) in [6.45, 7) is 7.52. The van der Waals surface area contributed by atoms with Gasteiger partial charge in [0.15, 0.2) is 0 Å². The largest absolute Gasteiger partial charge is 0.376 e. The molecular formula is C18H28N2O4S. The van der Waals surface area contributed by atoms with E-state index in [0.717, 1.165) is 25.0 Å². The summed E-state index contributed by atoms with van der Waals surface area (Å²) in [7, 11) is -3.60. The third-order valence-corrected chi connectivity index (χ3v) is 5.70. The highest BCUT2D eigenvalue weighted by Gasteiger charge is 2.18. The number of hydrogen-bond acceptors (Lipinski definition) is 4. The van der Waals surface area contributed by atoms with Gasteiger partial charge in [-0.2, -0.15) is 0 Å². The first-order chi connectivity index (χ1) is 11.7. The number of hydrogen-bond donors (Lipinski definition) is 2. The molecule has 7 heteroatoms. The highest BCUT2D eigenvalue weighted by atomic mass is 32.2. The topological polar surface area (TPSA) is 84.5 Å². The number of ether oxygens (including phenoxy) is 1. The Morgan fingerprint density at radius 1 is 1.24 bits per heavy atom. The molecule has 2 N–H and O–H groups in total. The molecule has 0 aromatic heterocycles. The van der Waals surface area contributed by atoms with Gasteiger partial charge in [0.2, 0.25) is 15.9 Å². The van der Waals surface area contributed by atoms with E-state index >= 15 is 0 Å². The van der Waals surface area contributed by atoms with E-state index in [2.05, 4.69) is 30.8 Å². The second kappa shape index (κ2) is 8.29. The summed E-state index contributed by atoms with van der Waals surface area (Å²) in [5, 5.41) is 2.78. The van der Waals surface area contributed by atoms with Crippen molar-refractivity contribution in [2.75, 3.05) is 19.7 Å². The molecule has 1 saturated heterocycles. The molecule has 0 spiro atoms. The molecule has 1 amide bonds. The summed E-state index contributed by atoms with van der Waals surface area (Å²) in [4.78, 5) is 12.0. The molecule has 6 nitrogen and oxygen atoms in total. The van der Waals surface area contributed by atoms with E-state index in [1.165, 1.54) is 0 Å². The third kappa shape index (κ3) is 6.09. The first-order valence-electron chi connectivity index (χ1n) is 8.67. The highest BCUT2D eigenvalue weighted by molar-refractivity contribution is 7.89. The lowest BCUT2D eigenvalue weighted by molar-refractivity contribution is -0.121. The van der Waals surface area contributed by atoms with Crippen molar-refractivity contribution in [2.24, 2.45) is 0 Å². The normalized spacial score (nSPS) is 18.3. The molecule has 1 unspecified atom stereocenters. The van der Waals surface area contributed by atoms with Crippen LogP contribution >= 0.6 is 0 Å². The summed E-state index contributed by atoms with van der Waals surface area (Å²) in [6.07, 6.45) is 2.17. The fourth-order valence-electron chi connectivity index (χ4n) is 2.64. The number of rotatable bonds is 7. The maximum Gasteiger partial charge on any atom is 0.240 e. The Bertz CT molecular complexity index is 672. The summed E-state index contributed by atoms with van der Waals surface area (Å²) < 4.78 is 32.5. The maximum absolute atomic E-state index is 12.3. The molecule has 0 saturated carbocycles. The van der Waals surface area contributed by atoms with Crippen LogP contribution in [0.4, 0.5) is 0 Å². The lowest BCUT2D eigenvalue weighted by atomic mass is 9.87. The van der Waals surface area contributed by atoms with Gasteiger partial charge in [-0.25, -0.2) is 13.1 Å². The molecule has 25 heavy (non-hydrogen) atoms. The Morgan fingerprint density at radius 3 is 2.48 bits per heavy atom. The third-order valence-electron chi connectivity index (χ3n) is 4.23. The van der Waals surface area contributed by atoms with Crippen LogP contribution in [-0.4, -0.2) is 40.1 Å². The van der Waals surface area contributed by atoms with E-state index in [-0.39, 0.29) is 35.3 Å². The summed E-state index contributed by atoms with van der Waals surface area (Å²) in [5.74, 6) is -0.179. The molecule has 2 rings (SSSR count). The van der Waals surface area contributed by atoms with Gasteiger partial charge in [-0.05, 0) is 36.0 Å². The standard InChI is InChI=1S/C18H28N2O4S/c1-18(2,3)14-6-8-16(9-7-14)25(22,23)20-11-10-17(21)19-13-15-5-4-12-24-15/h6-9,15,20H,4-5,10-13H2,1-3H3,(H,19,21). The summed E-state index contributed by atoms with van der Waals surface area (Å²) in [6, 6.07) is 6.84. The smallest absolute Gasteiger partial charge is 0.240 e. The van der Waals surface area contributed by atoms with Crippen LogP contribution in [0.2, 0.25) is 0 Å². The molecule has 1 fully saturated rings. The van der Waals surface area contributed by atoms with Gasteiger partial charge in [0.05, 0.1) is 11.0 Å². The fraction of sp³-hybridized carbons (Fsp3) is 0.611. The van der Waals surface area contributed by atoms with Crippen LogP contribution < -0.4 is 10.0 Å². The summed E-state index contributed by atoms with van der Waals surface area (Å²) in [5.41, 5.74) is 1.04. The van der Waals surface area contributed by atoms with Gasteiger partial charge in [0.1, 0.15) is 0 Å². The Kier molecular flexibility index (Phi) is 6.59. The van der Waals surface area contributed by atoms with Gasteiger partial charge in [-0.15, -0.1) is 0 Å². The maximum atomic E-state index is 12.3. The highest BCUT2D eigenvalue weighted by Crippen LogP contribution is 2.23. The molecule has 0 aliphatic carbocycles. The van der Waals surface area contributed by atoms with Crippen molar-refractivity contribution in [3.05, 3.63) is 29.8 Å². The van der Waals surface area contributed by atoms with Crippen molar-refractivity contribution in [3.63, 3.8) is 0 Å². The number of sulfonamides is 1. The zero-order valence-corrected chi connectivity index (χ0v) is 16.0. The van der Waals surface area contributed by atoms with E-state index in [4.69, 9.17) is 4.74 Å². The second-order valence-electron chi connectivity index (χ2n) is 7.36. The van der Waals surface area contributed by atoms with Crippen LogP contribution in [0.3, 0.4) is 0 Å². The van der Waals surface area contributed by atoms with E-state index in [9.17, 15) is 13.2 Å². The van der Waals surface area contributed by atoms with Crippen molar-refractivity contribution in [3.8, 4) is 0 Å². The lowest BCUT2D eigenvalue weighted by Crippen LogP contribution is -2.34. The van der Waals surface area contributed by atoms with Crippen LogP contribution in [0.25, 0.3) is 0 Å². The minimum Gasteiger partial charge on any atom is -0.376 e. The average molecular weight is 368 g/mol. The molecular weight excluding hydrogens is 340 g/mol. The molecule has 140 valence electrons. The first-order valence-corrected chi connectivity index (χ1v) is 10.2. The van der Waals surface area contributed by atoms with Gasteiger partial charge in [0, 0.05) is 26.1 Å². The van der Waals surface area contributed by atoms with Gasteiger partial charge >= 0.3 is 0 Å². The number of carbonyl (C=O) groups excluding carboxylic acids is 1. The predicted octanol–water partition coefficient (Wildman–Crippen LogP) is 1.95. The zero-order valence-electron chi connectivity index (χ0n) is 15.2. The van der Waals surface area contributed by atoms with Crippen molar-refractivity contribution in [1.29, 1.82) is 0 Å². The molecule has 0 bridgehead atoms. The molecule has 1 aromatic carbocycles. The second-order valence-corrected chi connectivity index (χ2v) is 9.13. The monoisotopic (exact) mass is 368 g/mol.